The number of carboxylic acid groups (broad SMARTS) is 1. The zero-order valence-electron chi connectivity index (χ0n) is 11.4. The van der Waals surface area contributed by atoms with Gasteiger partial charge in [0.25, 0.3) is 0 Å². The number of hydrogen-bond acceptors (Lipinski definition) is 4. The van der Waals surface area contributed by atoms with E-state index >= 15 is 0 Å². The molecule has 0 aromatic rings. The molecule has 1 amide bonds. The van der Waals surface area contributed by atoms with E-state index in [4.69, 9.17) is 5.11 Å². The van der Waals surface area contributed by atoms with Crippen molar-refractivity contribution in [3.8, 4) is 0 Å². The van der Waals surface area contributed by atoms with E-state index in [1.54, 1.807) is 0 Å². The van der Waals surface area contributed by atoms with Crippen LogP contribution in [0.2, 0.25) is 0 Å². The molecule has 0 spiro atoms. The van der Waals surface area contributed by atoms with Gasteiger partial charge in [-0.15, -0.1) is 0 Å². The number of carbonyl (C=O) groups is 2. The Kier molecular flexibility index (Phi) is 4.67. The molecule has 2 fully saturated rings. The van der Waals surface area contributed by atoms with Gasteiger partial charge in [0, 0.05) is 13.0 Å². The Morgan fingerprint density at radius 2 is 1.95 bits per heavy atom. The van der Waals surface area contributed by atoms with Gasteiger partial charge in [-0.05, 0) is 31.1 Å². The third kappa shape index (κ3) is 3.94. The predicted molar refractivity (Wildman–Crippen MR) is 72.9 cm³/mol. The molecule has 3 unspecified atom stereocenters. The Labute approximate surface area is 118 Å². The van der Waals surface area contributed by atoms with E-state index in [-0.39, 0.29) is 41.6 Å². The molecule has 7 heteroatoms. The van der Waals surface area contributed by atoms with Gasteiger partial charge in [-0.1, -0.05) is 6.42 Å². The van der Waals surface area contributed by atoms with Gasteiger partial charge in [-0.25, -0.2) is 8.42 Å². The minimum Gasteiger partial charge on any atom is -0.481 e. The number of aliphatic carboxylic acids is 1. The van der Waals surface area contributed by atoms with Gasteiger partial charge < -0.3 is 10.4 Å². The minimum absolute atomic E-state index is 0.00348. The van der Waals surface area contributed by atoms with Gasteiger partial charge in [0.1, 0.15) is 0 Å². The Balaban J connectivity index is 1.74. The van der Waals surface area contributed by atoms with E-state index in [0.29, 0.717) is 19.4 Å². The average Bonchev–Trinajstić information content (AvgIpc) is 2.93. The van der Waals surface area contributed by atoms with Crippen LogP contribution in [0.4, 0.5) is 0 Å². The van der Waals surface area contributed by atoms with Crippen molar-refractivity contribution in [1.82, 2.24) is 5.32 Å². The zero-order valence-corrected chi connectivity index (χ0v) is 12.2. The third-order valence-electron chi connectivity index (χ3n) is 4.34. The number of nitrogens with one attached hydrogen (secondary N) is 1. The summed E-state index contributed by atoms with van der Waals surface area (Å²) < 4.78 is 22.6. The van der Waals surface area contributed by atoms with Crippen molar-refractivity contribution in [3.63, 3.8) is 0 Å². The van der Waals surface area contributed by atoms with Crippen LogP contribution in [0.5, 0.6) is 0 Å². The van der Waals surface area contributed by atoms with Gasteiger partial charge in [-0.3, -0.25) is 9.59 Å². The molecular weight excluding hydrogens is 282 g/mol. The second-order valence-electron chi connectivity index (χ2n) is 5.91. The number of rotatable bonds is 5. The van der Waals surface area contributed by atoms with Crippen molar-refractivity contribution in [2.24, 2.45) is 17.8 Å². The molecule has 0 aromatic heterocycles. The summed E-state index contributed by atoms with van der Waals surface area (Å²) in [6.07, 6.45) is 3.17. The zero-order chi connectivity index (χ0) is 14.8. The molecule has 1 heterocycles. The molecule has 3 atom stereocenters. The maximum absolute atomic E-state index is 11.8. The van der Waals surface area contributed by atoms with E-state index < -0.39 is 15.8 Å². The smallest absolute Gasteiger partial charge is 0.306 e. The highest BCUT2D eigenvalue weighted by atomic mass is 32.2. The molecule has 0 aromatic carbocycles. The van der Waals surface area contributed by atoms with E-state index in [0.717, 1.165) is 12.8 Å². The molecule has 114 valence electrons. The molecule has 20 heavy (non-hydrogen) atoms. The first-order valence-corrected chi connectivity index (χ1v) is 8.89. The van der Waals surface area contributed by atoms with Crippen molar-refractivity contribution < 1.29 is 23.1 Å². The van der Waals surface area contributed by atoms with Gasteiger partial charge in [-0.2, -0.15) is 0 Å². The fraction of sp³-hybridized carbons (Fsp3) is 0.846. The van der Waals surface area contributed by atoms with Gasteiger partial charge in [0.2, 0.25) is 5.91 Å². The van der Waals surface area contributed by atoms with Crippen molar-refractivity contribution in [2.75, 3.05) is 18.1 Å². The van der Waals surface area contributed by atoms with Gasteiger partial charge >= 0.3 is 5.97 Å². The highest BCUT2D eigenvalue weighted by Crippen LogP contribution is 2.31. The summed E-state index contributed by atoms with van der Waals surface area (Å²) in [5, 5.41) is 11.8. The second kappa shape index (κ2) is 6.11. The van der Waals surface area contributed by atoms with Crippen LogP contribution in [-0.4, -0.2) is 43.5 Å². The van der Waals surface area contributed by atoms with E-state index in [2.05, 4.69) is 5.32 Å². The number of carbonyl (C=O) groups excluding carboxylic acids is 1. The van der Waals surface area contributed by atoms with Crippen molar-refractivity contribution in [2.45, 2.75) is 32.1 Å². The van der Waals surface area contributed by atoms with Gasteiger partial charge in [0.05, 0.1) is 17.4 Å². The fourth-order valence-electron chi connectivity index (χ4n) is 3.22. The molecule has 0 radical (unpaired) electrons. The van der Waals surface area contributed by atoms with Crippen LogP contribution in [0.15, 0.2) is 0 Å². The monoisotopic (exact) mass is 303 g/mol. The topological polar surface area (TPSA) is 101 Å². The molecule has 1 aliphatic heterocycles. The fourth-order valence-corrected chi connectivity index (χ4v) is 5.08. The minimum atomic E-state index is -2.95. The number of sulfone groups is 1. The lowest BCUT2D eigenvalue weighted by Gasteiger charge is -2.17. The summed E-state index contributed by atoms with van der Waals surface area (Å²) in [6.45, 7) is 0.384. The normalized spacial score (nSPS) is 32.1. The number of amides is 1. The summed E-state index contributed by atoms with van der Waals surface area (Å²) in [5.41, 5.74) is 0. The highest BCUT2D eigenvalue weighted by molar-refractivity contribution is 7.91. The average molecular weight is 303 g/mol. The Morgan fingerprint density at radius 1 is 1.20 bits per heavy atom. The van der Waals surface area contributed by atoms with Crippen LogP contribution in [0.3, 0.4) is 0 Å². The quantitative estimate of drug-likeness (QED) is 0.767. The molecule has 2 aliphatic rings. The summed E-state index contributed by atoms with van der Waals surface area (Å²) in [4.78, 5) is 22.8. The molecular formula is C13H21NO5S. The van der Waals surface area contributed by atoms with Crippen LogP contribution in [0.1, 0.15) is 32.1 Å². The van der Waals surface area contributed by atoms with Crippen LogP contribution < -0.4 is 5.32 Å². The Hall–Kier alpha value is -1.11. The van der Waals surface area contributed by atoms with Crippen molar-refractivity contribution in [3.05, 3.63) is 0 Å². The lowest BCUT2D eigenvalue weighted by Crippen LogP contribution is -2.34. The predicted octanol–water partition coefficient (Wildman–Crippen LogP) is 0.428. The summed E-state index contributed by atoms with van der Waals surface area (Å²) in [7, 11) is -2.95. The van der Waals surface area contributed by atoms with Crippen LogP contribution >= 0.6 is 0 Å². The molecule has 6 nitrogen and oxygen atoms in total. The first kappa shape index (κ1) is 15.3. The van der Waals surface area contributed by atoms with Crippen molar-refractivity contribution >= 4 is 21.7 Å². The Morgan fingerprint density at radius 3 is 2.55 bits per heavy atom. The lowest BCUT2D eigenvalue weighted by atomic mass is 9.96. The Bertz CT molecular complexity index is 487. The molecule has 1 saturated heterocycles. The maximum atomic E-state index is 11.8. The number of carboxylic acids is 1. The van der Waals surface area contributed by atoms with Crippen LogP contribution in [0, 0.1) is 17.8 Å². The van der Waals surface area contributed by atoms with Crippen LogP contribution in [0.25, 0.3) is 0 Å². The summed E-state index contributed by atoms with van der Waals surface area (Å²) in [5.74, 6) is -1.12. The van der Waals surface area contributed by atoms with Crippen molar-refractivity contribution in [1.29, 1.82) is 0 Å². The third-order valence-corrected chi connectivity index (χ3v) is 6.18. The SMILES string of the molecule is O=C(CC1CCS(=O)(=O)C1)NCC1CCCC1C(=O)O. The second-order valence-corrected chi connectivity index (χ2v) is 8.14. The molecule has 2 rings (SSSR count). The molecule has 2 N–H and O–H groups in total. The van der Waals surface area contributed by atoms with Gasteiger partial charge in [0.15, 0.2) is 9.84 Å². The maximum Gasteiger partial charge on any atom is 0.306 e. The number of hydrogen-bond donors (Lipinski definition) is 2. The summed E-state index contributed by atoms with van der Waals surface area (Å²) >= 11 is 0. The standard InChI is InChI=1S/C13H21NO5S/c15-12(6-9-4-5-20(18,19)8-9)14-7-10-2-1-3-11(10)13(16)17/h9-11H,1-8H2,(H,14,15)(H,16,17). The largest absolute Gasteiger partial charge is 0.481 e. The summed E-state index contributed by atoms with van der Waals surface area (Å²) in [6, 6.07) is 0. The molecule has 1 aliphatic carbocycles. The van der Waals surface area contributed by atoms with Crippen LogP contribution in [-0.2, 0) is 19.4 Å². The van der Waals surface area contributed by atoms with E-state index in [1.165, 1.54) is 0 Å². The molecule has 0 bridgehead atoms. The highest BCUT2D eigenvalue weighted by Gasteiger charge is 2.33. The molecule has 1 saturated carbocycles. The lowest BCUT2D eigenvalue weighted by molar-refractivity contribution is -0.143. The first-order chi connectivity index (χ1) is 9.37. The van der Waals surface area contributed by atoms with E-state index in [1.807, 2.05) is 0 Å². The van der Waals surface area contributed by atoms with E-state index in [9.17, 15) is 18.0 Å². The first-order valence-electron chi connectivity index (χ1n) is 7.07.